The Morgan fingerprint density at radius 2 is 1.73 bits per heavy atom. The van der Waals surface area contributed by atoms with Gasteiger partial charge >= 0.3 is 0 Å². The molecule has 0 atom stereocenters. The van der Waals surface area contributed by atoms with Crippen LogP contribution in [0.4, 0.5) is 11.4 Å². The Kier molecular flexibility index (Phi) is 3.37. The molecule has 0 bridgehead atoms. The first kappa shape index (κ1) is 14.5. The average Bonchev–Trinajstić information content (AvgIpc) is 2.73. The molecule has 0 saturated carbocycles. The molecule has 112 valence electrons. The van der Waals surface area contributed by atoms with Crippen molar-refractivity contribution < 1.29 is 9.59 Å². The predicted molar refractivity (Wildman–Crippen MR) is 85.8 cm³/mol. The van der Waals surface area contributed by atoms with Crippen LogP contribution in [0, 0.1) is 13.8 Å². The molecule has 0 fully saturated rings. The van der Waals surface area contributed by atoms with Crippen molar-refractivity contribution in [2.45, 2.75) is 13.8 Å². The fraction of sp³-hybridized carbons (Fsp3) is 0.188. The second-order valence-electron chi connectivity index (χ2n) is 5.10. The maximum Gasteiger partial charge on any atom is 0.268 e. The van der Waals surface area contributed by atoms with Gasteiger partial charge in [-0.1, -0.05) is 11.6 Å². The van der Waals surface area contributed by atoms with Crippen LogP contribution in [0.5, 0.6) is 0 Å². The number of aryl methyl sites for hydroxylation is 2. The van der Waals surface area contributed by atoms with Gasteiger partial charge in [-0.15, -0.1) is 0 Å². The summed E-state index contributed by atoms with van der Waals surface area (Å²) >= 11 is 6.13. The number of nitrogens with one attached hydrogen (secondary N) is 1. The van der Waals surface area contributed by atoms with Gasteiger partial charge in [-0.05, 0) is 38.1 Å². The summed E-state index contributed by atoms with van der Waals surface area (Å²) in [5.41, 5.74) is 3.05. The molecule has 0 aliphatic carbocycles. The van der Waals surface area contributed by atoms with Gasteiger partial charge in [0.05, 0.1) is 27.5 Å². The van der Waals surface area contributed by atoms with Crippen molar-refractivity contribution in [3.8, 4) is 0 Å². The van der Waals surface area contributed by atoms with Crippen molar-refractivity contribution in [1.82, 2.24) is 4.98 Å². The second kappa shape index (κ2) is 5.10. The third kappa shape index (κ3) is 1.97. The van der Waals surface area contributed by atoms with E-state index in [0.29, 0.717) is 22.6 Å². The number of fused-ring (bicyclic) bond motifs is 1. The lowest BCUT2D eigenvalue weighted by Gasteiger charge is -2.16. The van der Waals surface area contributed by atoms with E-state index in [1.807, 2.05) is 6.92 Å². The molecule has 2 amide bonds. The highest BCUT2D eigenvalue weighted by molar-refractivity contribution is 6.43. The lowest BCUT2D eigenvalue weighted by atomic mass is 10.1. The van der Waals surface area contributed by atoms with E-state index in [1.165, 1.54) is 0 Å². The summed E-state index contributed by atoms with van der Waals surface area (Å²) in [6, 6.07) is 6.80. The maximum atomic E-state index is 12.8. The number of halogens is 1. The molecule has 0 unspecified atom stereocenters. The van der Waals surface area contributed by atoms with Crippen LogP contribution in [-0.4, -0.2) is 23.8 Å². The zero-order chi connectivity index (χ0) is 16.0. The standard InChI is InChI=1S/C16H14ClN3O2/c1-8-4-7-12(9(2)19-8)20-15(21)13-10(17)5-6-11(18-3)14(13)16(20)22/h4-7,18H,1-3H3. The largest absolute Gasteiger partial charge is 0.387 e. The Bertz CT molecular complexity index is 817. The van der Waals surface area contributed by atoms with Crippen molar-refractivity contribution in [2.24, 2.45) is 0 Å². The molecule has 0 spiro atoms. The molecule has 1 N–H and O–H groups in total. The number of aromatic nitrogens is 1. The lowest BCUT2D eigenvalue weighted by Crippen LogP contribution is -2.30. The number of pyridine rings is 1. The fourth-order valence-corrected chi connectivity index (χ4v) is 2.91. The van der Waals surface area contributed by atoms with Crippen LogP contribution in [0.25, 0.3) is 0 Å². The van der Waals surface area contributed by atoms with Crippen LogP contribution >= 0.6 is 11.6 Å². The van der Waals surface area contributed by atoms with Gasteiger partial charge in [-0.25, -0.2) is 4.90 Å². The van der Waals surface area contributed by atoms with E-state index in [-0.39, 0.29) is 16.5 Å². The molecule has 22 heavy (non-hydrogen) atoms. The lowest BCUT2D eigenvalue weighted by molar-refractivity contribution is 0.0926. The Morgan fingerprint density at radius 1 is 1.05 bits per heavy atom. The first-order valence-electron chi connectivity index (χ1n) is 6.79. The summed E-state index contributed by atoms with van der Waals surface area (Å²) in [6.07, 6.45) is 0. The highest BCUT2D eigenvalue weighted by Crippen LogP contribution is 2.37. The number of carbonyl (C=O) groups excluding carboxylic acids is 2. The molecule has 2 aromatic rings. The molecular weight excluding hydrogens is 302 g/mol. The summed E-state index contributed by atoms with van der Waals surface area (Å²) in [5, 5.41) is 3.20. The minimum absolute atomic E-state index is 0.235. The van der Waals surface area contributed by atoms with Crippen molar-refractivity contribution in [3.63, 3.8) is 0 Å². The number of rotatable bonds is 2. The number of hydrogen-bond acceptors (Lipinski definition) is 4. The van der Waals surface area contributed by atoms with Gasteiger partial charge in [0.1, 0.15) is 0 Å². The Hall–Kier alpha value is -2.40. The summed E-state index contributed by atoms with van der Waals surface area (Å²) in [6.45, 7) is 3.63. The van der Waals surface area contributed by atoms with Crippen molar-refractivity contribution in [3.05, 3.63) is 51.8 Å². The SMILES string of the molecule is CNc1ccc(Cl)c2c1C(=O)N(c1ccc(C)nc1C)C2=O. The van der Waals surface area contributed by atoms with E-state index < -0.39 is 5.91 Å². The van der Waals surface area contributed by atoms with Gasteiger partial charge in [0.25, 0.3) is 11.8 Å². The molecule has 0 saturated heterocycles. The predicted octanol–water partition coefficient (Wildman–Crippen LogP) is 3.19. The van der Waals surface area contributed by atoms with E-state index >= 15 is 0 Å². The first-order valence-corrected chi connectivity index (χ1v) is 7.16. The highest BCUT2D eigenvalue weighted by Gasteiger charge is 2.41. The van der Waals surface area contributed by atoms with Crippen molar-refractivity contribution >= 4 is 34.8 Å². The fourth-order valence-electron chi connectivity index (χ4n) is 2.67. The molecule has 1 aliphatic heterocycles. The zero-order valence-corrected chi connectivity index (χ0v) is 13.2. The molecule has 0 radical (unpaired) electrons. The molecule has 2 heterocycles. The van der Waals surface area contributed by atoms with Crippen LogP contribution < -0.4 is 10.2 Å². The van der Waals surface area contributed by atoms with Gasteiger partial charge in [0.15, 0.2) is 0 Å². The number of amides is 2. The third-order valence-electron chi connectivity index (χ3n) is 3.70. The molecule has 5 nitrogen and oxygen atoms in total. The molecule has 3 rings (SSSR count). The number of hydrogen-bond donors (Lipinski definition) is 1. The second-order valence-corrected chi connectivity index (χ2v) is 5.51. The van der Waals surface area contributed by atoms with Gasteiger partial charge < -0.3 is 5.32 Å². The number of anilines is 2. The van der Waals surface area contributed by atoms with Crippen LogP contribution in [0.3, 0.4) is 0 Å². The molecular formula is C16H14ClN3O2. The van der Waals surface area contributed by atoms with Crippen LogP contribution in [0.2, 0.25) is 5.02 Å². The summed E-state index contributed by atoms with van der Waals surface area (Å²) in [4.78, 5) is 30.9. The minimum Gasteiger partial charge on any atom is -0.387 e. The average molecular weight is 316 g/mol. The Labute approximate surface area is 132 Å². The van der Waals surface area contributed by atoms with Gasteiger partial charge in [0, 0.05) is 18.4 Å². The van der Waals surface area contributed by atoms with Crippen molar-refractivity contribution in [1.29, 1.82) is 0 Å². The number of carbonyl (C=O) groups is 2. The van der Waals surface area contributed by atoms with E-state index in [9.17, 15) is 9.59 Å². The summed E-state index contributed by atoms with van der Waals surface area (Å²) < 4.78 is 0. The van der Waals surface area contributed by atoms with Crippen LogP contribution in [0.15, 0.2) is 24.3 Å². The smallest absolute Gasteiger partial charge is 0.268 e. The topological polar surface area (TPSA) is 62.3 Å². The normalized spacial score (nSPS) is 13.5. The highest BCUT2D eigenvalue weighted by atomic mass is 35.5. The van der Waals surface area contributed by atoms with Crippen molar-refractivity contribution in [2.75, 3.05) is 17.3 Å². The van der Waals surface area contributed by atoms with E-state index in [1.54, 1.807) is 38.2 Å². The number of nitrogens with zero attached hydrogens (tertiary/aromatic N) is 2. The molecule has 6 heteroatoms. The quantitative estimate of drug-likeness (QED) is 0.865. The Morgan fingerprint density at radius 3 is 2.36 bits per heavy atom. The maximum absolute atomic E-state index is 12.8. The van der Waals surface area contributed by atoms with Crippen LogP contribution in [0.1, 0.15) is 32.1 Å². The zero-order valence-electron chi connectivity index (χ0n) is 12.4. The molecule has 1 aromatic carbocycles. The van der Waals surface area contributed by atoms with E-state index in [2.05, 4.69) is 10.3 Å². The van der Waals surface area contributed by atoms with Gasteiger partial charge in [-0.2, -0.15) is 0 Å². The first-order chi connectivity index (χ1) is 10.5. The number of imide groups is 1. The van der Waals surface area contributed by atoms with E-state index in [0.717, 1.165) is 10.6 Å². The summed E-state index contributed by atoms with van der Waals surface area (Å²) in [7, 11) is 1.70. The third-order valence-corrected chi connectivity index (χ3v) is 4.01. The van der Waals surface area contributed by atoms with Gasteiger partial charge in [0.2, 0.25) is 0 Å². The van der Waals surface area contributed by atoms with Crippen LogP contribution in [-0.2, 0) is 0 Å². The monoisotopic (exact) mass is 315 g/mol. The van der Waals surface area contributed by atoms with E-state index in [4.69, 9.17) is 11.6 Å². The Balaban J connectivity index is 2.20. The number of benzene rings is 1. The minimum atomic E-state index is -0.421. The van der Waals surface area contributed by atoms with Gasteiger partial charge in [-0.3, -0.25) is 14.6 Å². The summed E-state index contributed by atoms with van der Waals surface area (Å²) in [5.74, 6) is -0.809. The molecule has 1 aromatic heterocycles. The molecule has 1 aliphatic rings.